The molecule has 0 unspecified atom stereocenters. The summed E-state index contributed by atoms with van der Waals surface area (Å²) in [7, 11) is 0. The average Bonchev–Trinajstić information content (AvgIpc) is 2.07. The predicted molar refractivity (Wildman–Crippen MR) is 48.6 cm³/mol. The minimum absolute atomic E-state index is 0.350. The highest BCUT2D eigenvalue weighted by molar-refractivity contribution is 14.1. The van der Waals surface area contributed by atoms with Crippen LogP contribution in [0.3, 0.4) is 0 Å². The van der Waals surface area contributed by atoms with Crippen LogP contribution in [0.4, 0.5) is 26.3 Å². The van der Waals surface area contributed by atoms with E-state index in [0.717, 1.165) is 0 Å². The number of nitrogens with zero attached hydrogens (tertiary/aromatic N) is 1. The lowest BCUT2D eigenvalue weighted by Gasteiger charge is -2.10. The molecule has 0 amide bonds. The van der Waals surface area contributed by atoms with Gasteiger partial charge in [-0.25, -0.2) is 8.78 Å². The Kier molecular flexibility index (Phi) is 3.86. The lowest BCUT2D eigenvalue weighted by molar-refractivity contribution is -0.276. The standard InChI is InChI=1S/C7H2F6INO/c8-5(9)2-1-3(16-7(11,12)13)15-6(10)4(2)14/h1,5H. The van der Waals surface area contributed by atoms with Gasteiger partial charge in [0.1, 0.15) is 0 Å². The summed E-state index contributed by atoms with van der Waals surface area (Å²) in [6.45, 7) is 0. The summed E-state index contributed by atoms with van der Waals surface area (Å²) in [5, 5.41) is 0. The normalized spacial score (nSPS) is 12.0. The van der Waals surface area contributed by atoms with E-state index in [-0.39, 0.29) is 0 Å². The van der Waals surface area contributed by atoms with Crippen molar-refractivity contribution < 1.29 is 31.1 Å². The van der Waals surface area contributed by atoms with E-state index >= 15 is 0 Å². The Morgan fingerprint density at radius 2 is 1.88 bits per heavy atom. The minimum atomic E-state index is -5.11. The average molecular weight is 357 g/mol. The summed E-state index contributed by atoms with van der Waals surface area (Å²) < 4.78 is 75.3. The first-order chi connectivity index (χ1) is 7.20. The van der Waals surface area contributed by atoms with Crippen LogP contribution >= 0.6 is 22.6 Å². The first kappa shape index (κ1) is 13.3. The van der Waals surface area contributed by atoms with Crippen molar-refractivity contribution in [2.75, 3.05) is 0 Å². The van der Waals surface area contributed by atoms with E-state index in [1.165, 1.54) is 22.6 Å². The van der Waals surface area contributed by atoms with Crippen molar-refractivity contribution in [3.63, 3.8) is 0 Å². The van der Waals surface area contributed by atoms with Gasteiger partial charge in [0.2, 0.25) is 11.8 Å². The molecule has 0 atom stereocenters. The second-order valence-corrected chi connectivity index (χ2v) is 3.58. The van der Waals surface area contributed by atoms with Crippen LogP contribution in [0.2, 0.25) is 0 Å². The van der Waals surface area contributed by atoms with Gasteiger partial charge in [0.15, 0.2) is 0 Å². The first-order valence-electron chi connectivity index (χ1n) is 3.60. The molecule has 16 heavy (non-hydrogen) atoms. The summed E-state index contributed by atoms with van der Waals surface area (Å²) in [6, 6.07) is 0.350. The van der Waals surface area contributed by atoms with Gasteiger partial charge in [-0.1, -0.05) is 0 Å². The molecule has 0 spiro atoms. The molecule has 1 aromatic heterocycles. The zero-order valence-electron chi connectivity index (χ0n) is 7.16. The highest BCUT2D eigenvalue weighted by Gasteiger charge is 2.33. The van der Waals surface area contributed by atoms with Crippen molar-refractivity contribution >= 4 is 22.6 Å². The molecule has 0 aliphatic carbocycles. The summed E-state index contributed by atoms with van der Waals surface area (Å²) in [4.78, 5) is 2.75. The molecule has 0 N–H and O–H groups in total. The third-order valence-electron chi connectivity index (χ3n) is 1.38. The topological polar surface area (TPSA) is 22.1 Å². The third-order valence-corrected chi connectivity index (χ3v) is 2.45. The van der Waals surface area contributed by atoms with E-state index in [9.17, 15) is 26.3 Å². The second-order valence-electron chi connectivity index (χ2n) is 2.50. The quantitative estimate of drug-likeness (QED) is 0.458. The van der Waals surface area contributed by atoms with Gasteiger partial charge in [0, 0.05) is 11.6 Å². The Bertz CT molecular complexity index is 393. The summed E-state index contributed by atoms with van der Waals surface area (Å²) in [5.41, 5.74) is -0.896. The van der Waals surface area contributed by atoms with Gasteiger partial charge >= 0.3 is 6.36 Å². The number of hydrogen-bond acceptors (Lipinski definition) is 2. The summed E-state index contributed by atoms with van der Waals surface area (Å²) in [6.07, 6.45) is -8.22. The molecule has 0 bridgehead atoms. The van der Waals surface area contributed by atoms with Gasteiger partial charge < -0.3 is 4.74 Å². The number of halogens is 7. The number of pyridine rings is 1. The van der Waals surface area contributed by atoms with Gasteiger partial charge in [-0.2, -0.15) is 9.37 Å². The molecule has 2 nitrogen and oxygen atoms in total. The fraction of sp³-hybridized carbons (Fsp3) is 0.286. The van der Waals surface area contributed by atoms with E-state index in [1.54, 1.807) is 0 Å². The van der Waals surface area contributed by atoms with Crippen molar-refractivity contribution in [3.05, 3.63) is 21.1 Å². The Labute approximate surface area is 98.7 Å². The van der Waals surface area contributed by atoms with Crippen LogP contribution < -0.4 is 4.74 Å². The minimum Gasteiger partial charge on any atom is -0.388 e. The Balaban J connectivity index is 3.14. The molecule has 0 saturated carbocycles. The number of hydrogen-bond donors (Lipinski definition) is 0. The van der Waals surface area contributed by atoms with Crippen LogP contribution in [0.5, 0.6) is 5.88 Å². The Hall–Kier alpha value is -0.740. The van der Waals surface area contributed by atoms with Crippen LogP contribution in [0.25, 0.3) is 0 Å². The number of rotatable bonds is 2. The lowest BCUT2D eigenvalue weighted by atomic mass is 10.3. The zero-order valence-corrected chi connectivity index (χ0v) is 9.31. The van der Waals surface area contributed by atoms with Crippen LogP contribution in [0, 0.1) is 9.52 Å². The molecular weight excluding hydrogens is 355 g/mol. The molecule has 0 aliphatic rings. The van der Waals surface area contributed by atoms with Gasteiger partial charge in [0.25, 0.3) is 6.43 Å². The monoisotopic (exact) mass is 357 g/mol. The molecule has 9 heteroatoms. The van der Waals surface area contributed by atoms with Gasteiger partial charge in [0.05, 0.1) is 3.57 Å². The first-order valence-corrected chi connectivity index (χ1v) is 4.68. The molecule has 1 rings (SSSR count). The molecule has 1 aromatic rings. The maximum absolute atomic E-state index is 12.9. The number of alkyl halides is 5. The van der Waals surface area contributed by atoms with Crippen molar-refractivity contribution in [1.29, 1.82) is 0 Å². The van der Waals surface area contributed by atoms with Gasteiger partial charge in [-0.15, -0.1) is 13.2 Å². The zero-order chi connectivity index (χ0) is 12.5. The molecule has 0 aromatic carbocycles. The Morgan fingerprint density at radius 1 is 1.31 bits per heavy atom. The van der Waals surface area contributed by atoms with Gasteiger partial charge in [-0.05, 0) is 22.6 Å². The summed E-state index contributed by atoms with van der Waals surface area (Å²) >= 11 is 1.22. The van der Waals surface area contributed by atoms with E-state index in [0.29, 0.717) is 6.07 Å². The number of ether oxygens (including phenoxy) is 1. The predicted octanol–water partition coefficient (Wildman–Crippen LogP) is 3.66. The number of aromatic nitrogens is 1. The van der Waals surface area contributed by atoms with E-state index in [4.69, 9.17) is 0 Å². The molecule has 1 heterocycles. The fourth-order valence-corrected chi connectivity index (χ4v) is 1.33. The Morgan fingerprint density at radius 3 is 2.31 bits per heavy atom. The van der Waals surface area contributed by atoms with Crippen molar-refractivity contribution in [1.82, 2.24) is 4.98 Å². The van der Waals surface area contributed by atoms with Crippen LogP contribution in [-0.4, -0.2) is 11.3 Å². The lowest BCUT2D eigenvalue weighted by Crippen LogP contribution is -2.18. The fourth-order valence-electron chi connectivity index (χ4n) is 0.823. The highest BCUT2D eigenvalue weighted by atomic mass is 127. The molecule has 0 fully saturated rings. The smallest absolute Gasteiger partial charge is 0.388 e. The van der Waals surface area contributed by atoms with Gasteiger partial charge in [-0.3, -0.25) is 0 Å². The largest absolute Gasteiger partial charge is 0.574 e. The van der Waals surface area contributed by atoms with Crippen molar-refractivity contribution in [3.8, 4) is 5.88 Å². The van der Waals surface area contributed by atoms with Crippen LogP contribution in [-0.2, 0) is 0 Å². The van der Waals surface area contributed by atoms with Crippen LogP contribution in [0.1, 0.15) is 12.0 Å². The third kappa shape index (κ3) is 3.39. The molecule has 0 radical (unpaired) electrons. The van der Waals surface area contributed by atoms with Crippen LogP contribution in [0.15, 0.2) is 6.07 Å². The SMILES string of the molecule is Fc1nc(OC(F)(F)F)cc(C(F)F)c1I. The molecular formula is C7H2F6INO. The highest BCUT2D eigenvalue weighted by Crippen LogP contribution is 2.30. The second kappa shape index (κ2) is 4.63. The molecule has 0 aliphatic heterocycles. The maximum atomic E-state index is 12.9. The van der Waals surface area contributed by atoms with E-state index in [2.05, 4.69) is 9.72 Å². The van der Waals surface area contributed by atoms with Crippen molar-refractivity contribution in [2.24, 2.45) is 0 Å². The summed E-state index contributed by atoms with van der Waals surface area (Å²) in [5.74, 6) is -2.68. The van der Waals surface area contributed by atoms with Crippen molar-refractivity contribution in [2.45, 2.75) is 12.8 Å². The van der Waals surface area contributed by atoms with E-state index < -0.39 is 33.7 Å². The molecule has 90 valence electrons. The molecule has 0 saturated heterocycles. The maximum Gasteiger partial charge on any atom is 0.574 e. The van der Waals surface area contributed by atoms with E-state index in [1.807, 2.05) is 0 Å².